The third kappa shape index (κ3) is 4.93. The van der Waals surface area contributed by atoms with Crippen LogP contribution in [-0.4, -0.2) is 45.7 Å². The van der Waals surface area contributed by atoms with E-state index in [0.717, 1.165) is 0 Å². The fraction of sp³-hybridized carbons (Fsp3) is 0.556. The summed E-state index contributed by atoms with van der Waals surface area (Å²) < 4.78 is 5.36. The number of para-hydroxylation sites is 1. The number of hydrogen-bond acceptors (Lipinski definition) is 5. The topological polar surface area (TPSA) is 110 Å². The van der Waals surface area contributed by atoms with Gasteiger partial charge >= 0.3 is 12.1 Å². The molecule has 1 aromatic carbocycles. The van der Waals surface area contributed by atoms with E-state index in [2.05, 4.69) is 0 Å². The number of likely N-dealkylation sites (tertiary alicyclic amines) is 1. The first-order valence-corrected chi connectivity index (χ1v) is 8.51. The SMILES string of the molecule is CC(C)(C)OC(=O)N1CCC(c2ccccc2[N+](=O)[O-])C(CC(=O)O)C1. The van der Waals surface area contributed by atoms with Crippen LogP contribution in [0.5, 0.6) is 0 Å². The molecule has 2 atom stereocenters. The zero-order valence-corrected chi connectivity index (χ0v) is 15.2. The van der Waals surface area contributed by atoms with Crippen LogP contribution in [0.4, 0.5) is 10.5 Å². The van der Waals surface area contributed by atoms with E-state index in [9.17, 15) is 24.8 Å². The number of hydrogen-bond donors (Lipinski definition) is 1. The van der Waals surface area contributed by atoms with Gasteiger partial charge in [-0.05, 0) is 39.0 Å². The Labute approximate surface area is 151 Å². The number of carbonyl (C=O) groups excluding carboxylic acids is 1. The fourth-order valence-electron chi connectivity index (χ4n) is 3.33. The number of piperidine rings is 1. The fourth-order valence-corrected chi connectivity index (χ4v) is 3.33. The first kappa shape index (κ1) is 19.7. The number of nitro groups is 1. The number of aliphatic carboxylic acids is 1. The average molecular weight is 364 g/mol. The lowest BCUT2D eigenvalue weighted by Crippen LogP contribution is -2.45. The van der Waals surface area contributed by atoms with Gasteiger partial charge in [0, 0.05) is 24.7 Å². The normalized spacial score (nSPS) is 20.5. The number of ether oxygens (including phenoxy) is 1. The van der Waals surface area contributed by atoms with Gasteiger partial charge in [0.15, 0.2) is 0 Å². The Morgan fingerprint density at radius 1 is 1.35 bits per heavy atom. The molecule has 26 heavy (non-hydrogen) atoms. The van der Waals surface area contributed by atoms with Gasteiger partial charge in [-0.2, -0.15) is 0 Å². The van der Waals surface area contributed by atoms with Crippen LogP contribution < -0.4 is 0 Å². The van der Waals surface area contributed by atoms with E-state index >= 15 is 0 Å². The predicted molar refractivity (Wildman–Crippen MR) is 94.0 cm³/mol. The first-order valence-electron chi connectivity index (χ1n) is 8.51. The van der Waals surface area contributed by atoms with Crippen molar-refractivity contribution in [3.63, 3.8) is 0 Å². The summed E-state index contributed by atoms with van der Waals surface area (Å²) in [6.45, 7) is 5.85. The van der Waals surface area contributed by atoms with Gasteiger partial charge in [0.1, 0.15) is 5.60 Å². The smallest absolute Gasteiger partial charge is 0.410 e. The minimum absolute atomic E-state index is 0.0152. The van der Waals surface area contributed by atoms with Crippen molar-refractivity contribution in [3.05, 3.63) is 39.9 Å². The maximum absolute atomic E-state index is 12.3. The molecule has 1 heterocycles. The Bertz CT molecular complexity index is 697. The third-order valence-electron chi connectivity index (χ3n) is 4.36. The van der Waals surface area contributed by atoms with Crippen molar-refractivity contribution in [1.29, 1.82) is 0 Å². The summed E-state index contributed by atoms with van der Waals surface area (Å²) in [5.74, 6) is -1.72. The molecule has 1 N–H and O–H groups in total. The highest BCUT2D eigenvalue weighted by Crippen LogP contribution is 2.39. The predicted octanol–water partition coefficient (Wildman–Crippen LogP) is 3.41. The van der Waals surface area contributed by atoms with Gasteiger partial charge in [0.25, 0.3) is 5.69 Å². The van der Waals surface area contributed by atoms with Gasteiger partial charge in [0.05, 0.1) is 11.3 Å². The summed E-state index contributed by atoms with van der Waals surface area (Å²) in [4.78, 5) is 36.0. The van der Waals surface area contributed by atoms with Crippen LogP contribution in [0.2, 0.25) is 0 Å². The Balaban J connectivity index is 2.26. The monoisotopic (exact) mass is 364 g/mol. The van der Waals surface area contributed by atoms with Crippen LogP contribution in [0.15, 0.2) is 24.3 Å². The van der Waals surface area contributed by atoms with Crippen LogP contribution in [0.1, 0.15) is 45.1 Å². The van der Waals surface area contributed by atoms with E-state index in [0.29, 0.717) is 18.5 Å². The highest BCUT2D eigenvalue weighted by Gasteiger charge is 2.37. The number of benzene rings is 1. The molecule has 2 unspecified atom stereocenters. The lowest BCUT2D eigenvalue weighted by atomic mass is 9.78. The molecule has 0 radical (unpaired) electrons. The third-order valence-corrected chi connectivity index (χ3v) is 4.36. The van der Waals surface area contributed by atoms with Crippen LogP contribution in [0.3, 0.4) is 0 Å². The molecule has 0 aliphatic carbocycles. The minimum atomic E-state index is -0.996. The molecule has 1 aliphatic rings. The van der Waals surface area contributed by atoms with Crippen molar-refractivity contribution < 1.29 is 24.4 Å². The standard InChI is InChI=1S/C18H24N2O6/c1-18(2,3)26-17(23)19-9-8-13(12(11-19)10-16(21)22)14-6-4-5-7-15(14)20(24)25/h4-7,12-13H,8-11H2,1-3H3,(H,21,22). The second-order valence-corrected chi connectivity index (χ2v) is 7.50. The zero-order valence-electron chi connectivity index (χ0n) is 15.2. The number of carboxylic acid groups (broad SMARTS) is 1. The number of nitro benzene ring substituents is 1. The van der Waals surface area contributed by atoms with Gasteiger partial charge in [-0.15, -0.1) is 0 Å². The highest BCUT2D eigenvalue weighted by molar-refractivity contribution is 5.70. The van der Waals surface area contributed by atoms with Gasteiger partial charge in [-0.1, -0.05) is 18.2 Å². The molecule has 0 saturated carbocycles. The Morgan fingerprint density at radius 3 is 2.58 bits per heavy atom. The number of carbonyl (C=O) groups is 2. The Hall–Kier alpha value is -2.64. The summed E-state index contributed by atoms with van der Waals surface area (Å²) in [5, 5.41) is 20.6. The van der Waals surface area contributed by atoms with Crippen molar-refractivity contribution in [2.24, 2.45) is 5.92 Å². The van der Waals surface area contributed by atoms with E-state index in [4.69, 9.17) is 4.74 Å². The molecule has 8 heteroatoms. The van der Waals surface area contributed by atoms with Crippen LogP contribution in [0, 0.1) is 16.0 Å². The summed E-state index contributed by atoms with van der Waals surface area (Å²) in [7, 11) is 0. The second kappa shape index (κ2) is 7.72. The number of rotatable bonds is 4. The maximum Gasteiger partial charge on any atom is 0.410 e. The number of carboxylic acids is 1. The van der Waals surface area contributed by atoms with E-state index in [1.54, 1.807) is 39.0 Å². The Kier molecular flexibility index (Phi) is 5.84. The highest BCUT2D eigenvalue weighted by atomic mass is 16.6. The molecule has 0 aromatic heterocycles. The molecule has 2 rings (SSSR count). The molecule has 0 spiro atoms. The van der Waals surface area contributed by atoms with Crippen molar-refractivity contribution >= 4 is 17.7 Å². The first-order chi connectivity index (χ1) is 12.1. The lowest BCUT2D eigenvalue weighted by molar-refractivity contribution is -0.385. The van der Waals surface area contributed by atoms with Crippen molar-refractivity contribution in [3.8, 4) is 0 Å². The quantitative estimate of drug-likeness (QED) is 0.647. The maximum atomic E-state index is 12.3. The summed E-state index contributed by atoms with van der Waals surface area (Å²) in [6, 6.07) is 6.39. The zero-order chi connectivity index (χ0) is 19.5. The van der Waals surface area contributed by atoms with Crippen molar-refractivity contribution in [2.45, 2.75) is 45.1 Å². The van der Waals surface area contributed by atoms with Crippen LogP contribution in [-0.2, 0) is 9.53 Å². The molecule has 8 nitrogen and oxygen atoms in total. The van der Waals surface area contributed by atoms with Crippen LogP contribution in [0.25, 0.3) is 0 Å². The second-order valence-electron chi connectivity index (χ2n) is 7.50. The minimum Gasteiger partial charge on any atom is -0.481 e. The molecule has 0 bridgehead atoms. The van der Waals surface area contributed by atoms with E-state index < -0.39 is 28.5 Å². The molecule has 1 fully saturated rings. The lowest BCUT2D eigenvalue weighted by Gasteiger charge is -2.38. The van der Waals surface area contributed by atoms with E-state index in [1.807, 2.05) is 0 Å². The Morgan fingerprint density at radius 2 is 2.00 bits per heavy atom. The largest absolute Gasteiger partial charge is 0.481 e. The summed E-state index contributed by atoms with van der Waals surface area (Å²) in [5.41, 5.74) is -0.139. The van der Waals surface area contributed by atoms with Crippen LogP contribution >= 0.6 is 0 Å². The summed E-state index contributed by atoms with van der Waals surface area (Å²) in [6.07, 6.45) is -0.216. The molecule has 1 amide bonds. The number of nitrogens with zero attached hydrogens (tertiary/aromatic N) is 2. The molecular weight excluding hydrogens is 340 g/mol. The molecule has 1 aliphatic heterocycles. The van der Waals surface area contributed by atoms with E-state index in [1.165, 1.54) is 11.0 Å². The van der Waals surface area contributed by atoms with Crippen molar-refractivity contribution in [1.82, 2.24) is 4.90 Å². The van der Waals surface area contributed by atoms with E-state index in [-0.39, 0.29) is 24.6 Å². The average Bonchev–Trinajstić information content (AvgIpc) is 2.52. The van der Waals surface area contributed by atoms with Crippen molar-refractivity contribution in [2.75, 3.05) is 13.1 Å². The molecule has 142 valence electrons. The molecular formula is C18H24N2O6. The van der Waals surface area contributed by atoms with Gasteiger partial charge in [0.2, 0.25) is 0 Å². The number of amides is 1. The summed E-state index contributed by atoms with van der Waals surface area (Å²) >= 11 is 0. The molecule has 1 aromatic rings. The molecule has 1 saturated heterocycles. The van der Waals surface area contributed by atoms with Gasteiger partial charge in [-0.25, -0.2) is 4.79 Å². The van der Waals surface area contributed by atoms with Gasteiger partial charge < -0.3 is 14.7 Å². The van der Waals surface area contributed by atoms with Gasteiger partial charge in [-0.3, -0.25) is 14.9 Å².